The number of carbonyl (C=O) groups excluding carboxylic acids is 1. The van der Waals surface area contributed by atoms with Gasteiger partial charge in [-0.3, -0.25) is 0 Å². The first-order valence-electron chi connectivity index (χ1n) is 5.70. The third kappa shape index (κ3) is 2.30. The average Bonchev–Trinajstić information content (AvgIpc) is 2.23. The number of ether oxygens (including phenoxy) is 1. The van der Waals surface area contributed by atoms with Crippen molar-refractivity contribution in [2.24, 2.45) is 0 Å². The van der Waals surface area contributed by atoms with Crippen LogP contribution < -0.4 is 0 Å². The molecule has 2 rings (SSSR count). The largest absolute Gasteiger partial charge is 0.441 e. The summed E-state index contributed by atoms with van der Waals surface area (Å²) in [6.07, 6.45) is -0.618. The van der Waals surface area contributed by atoms with Crippen LogP contribution in [0.25, 0.3) is 0 Å². The Hall–Kier alpha value is -1.65. The zero-order chi connectivity index (χ0) is 13.5. The Morgan fingerprint density at radius 1 is 1.28 bits per heavy atom. The molecule has 3 nitrogen and oxygen atoms in total. The first-order chi connectivity index (χ1) is 8.29. The Bertz CT molecular complexity index is 468. The topological polar surface area (TPSA) is 29.5 Å². The van der Waals surface area contributed by atoms with E-state index in [1.165, 1.54) is 17.0 Å². The number of cyclic esters (lactones) is 1. The van der Waals surface area contributed by atoms with E-state index in [4.69, 9.17) is 4.74 Å². The summed E-state index contributed by atoms with van der Waals surface area (Å²) in [5.74, 6) is -1.34. The van der Waals surface area contributed by atoms with E-state index in [0.717, 1.165) is 6.07 Å². The summed E-state index contributed by atoms with van der Waals surface area (Å²) in [7, 11) is 1.64. The second kappa shape index (κ2) is 4.23. The molecule has 5 heteroatoms. The minimum Gasteiger partial charge on any atom is -0.441 e. The molecule has 0 N–H and O–H groups in total. The molecule has 1 atom stereocenters. The molecular weight excluding hydrogens is 240 g/mol. The van der Waals surface area contributed by atoms with Gasteiger partial charge in [-0.2, -0.15) is 0 Å². The van der Waals surface area contributed by atoms with E-state index < -0.39 is 29.4 Å². The van der Waals surface area contributed by atoms with Crippen molar-refractivity contribution >= 4 is 6.09 Å². The molecule has 1 aromatic carbocycles. The molecule has 0 aliphatic carbocycles. The Morgan fingerprint density at radius 3 is 2.33 bits per heavy atom. The maximum Gasteiger partial charge on any atom is 0.410 e. The average molecular weight is 255 g/mol. The highest BCUT2D eigenvalue weighted by atomic mass is 19.1. The second-order valence-corrected chi connectivity index (χ2v) is 5.15. The first kappa shape index (κ1) is 12.8. The van der Waals surface area contributed by atoms with Crippen LogP contribution >= 0.6 is 0 Å². The number of halogens is 2. The van der Waals surface area contributed by atoms with Gasteiger partial charge in [0, 0.05) is 25.1 Å². The standard InChI is InChI=1S/C13H15F2NO2/c1-13(2)7-11(18-12(17)16(13)3)8-4-9(14)6-10(15)5-8/h4-6,11H,7H2,1-3H3. The normalized spacial score (nSPS) is 22.8. The highest BCUT2D eigenvalue weighted by molar-refractivity contribution is 5.69. The molecule has 1 aromatic rings. The maximum atomic E-state index is 13.2. The van der Waals surface area contributed by atoms with E-state index in [1.54, 1.807) is 7.05 Å². The summed E-state index contributed by atoms with van der Waals surface area (Å²) in [5.41, 5.74) is -0.0648. The minimum absolute atomic E-state index is 0.349. The van der Waals surface area contributed by atoms with E-state index >= 15 is 0 Å². The number of rotatable bonds is 1. The molecule has 1 unspecified atom stereocenters. The fourth-order valence-corrected chi connectivity index (χ4v) is 2.03. The summed E-state index contributed by atoms with van der Waals surface area (Å²) in [4.78, 5) is 13.2. The van der Waals surface area contributed by atoms with Crippen LogP contribution in [0.4, 0.5) is 13.6 Å². The zero-order valence-electron chi connectivity index (χ0n) is 10.5. The van der Waals surface area contributed by atoms with Crippen molar-refractivity contribution in [1.82, 2.24) is 4.90 Å². The van der Waals surface area contributed by atoms with Gasteiger partial charge in [0.2, 0.25) is 0 Å². The summed E-state index contributed by atoms with van der Waals surface area (Å²) in [6.45, 7) is 3.77. The van der Waals surface area contributed by atoms with Gasteiger partial charge in [-0.15, -0.1) is 0 Å². The third-order valence-electron chi connectivity index (χ3n) is 3.37. The molecule has 18 heavy (non-hydrogen) atoms. The maximum absolute atomic E-state index is 13.2. The van der Waals surface area contributed by atoms with E-state index in [9.17, 15) is 13.6 Å². The van der Waals surface area contributed by atoms with Crippen molar-refractivity contribution in [3.63, 3.8) is 0 Å². The van der Waals surface area contributed by atoms with Crippen molar-refractivity contribution in [2.45, 2.75) is 31.9 Å². The molecule has 1 aliphatic heterocycles. The van der Waals surface area contributed by atoms with E-state index in [2.05, 4.69) is 0 Å². The SMILES string of the molecule is CN1C(=O)OC(c2cc(F)cc(F)c2)CC1(C)C. The van der Waals surface area contributed by atoms with Gasteiger partial charge in [-0.05, 0) is 31.5 Å². The van der Waals surface area contributed by atoms with Crippen LogP contribution in [-0.4, -0.2) is 23.6 Å². The summed E-state index contributed by atoms with van der Waals surface area (Å²) in [5, 5.41) is 0. The molecule has 1 saturated heterocycles. The van der Waals surface area contributed by atoms with E-state index in [0.29, 0.717) is 12.0 Å². The molecule has 0 spiro atoms. The molecular formula is C13H15F2NO2. The first-order valence-corrected chi connectivity index (χ1v) is 5.70. The lowest BCUT2D eigenvalue weighted by Gasteiger charge is -2.42. The molecule has 0 radical (unpaired) electrons. The van der Waals surface area contributed by atoms with Gasteiger partial charge in [0.25, 0.3) is 0 Å². The highest BCUT2D eigenvalue weighted by Crippen LogP contribution is 2.36. The third-order valence-corrected chi connectivity index (χ3v) is 3.37. The van der Waals surface area contributed by atoms with Crippen molar-refractivity contribution < 1.29 is 18.3 Å². The van der Waals surface area contributed by atoms with Crippen LogP contribution in [0.1, 0.15) is 31.9 Å². The van der Waals surface area contributed by atoms with Crippen LogP contribution in [-0.2, 0) is 4.74 Å². The van der Waals surface area contributed by atoms with Gasteiger partial charge in [0.05, 0.1) is 0 Å². The van der Waals surface area contributed by atoms with Crippen molar-refractivity contribution in [3.8, 4) is 0 Å². The molecule has 1 amide bonds. The number of hydrogen-bond donors (Lipinski definition) is 0. The van der Waals surface area contributed by atoms with Crippen molar-refractivity contribution in [2.75, 3.05) is 7.05 Å². The quantitative estimate of drug-likeness (QED) is 0.770. The highest BCUT2D eigenvalue weighted by Gasteiger charge is 2.39. The molecule has 0 aromatic heterocycles. The van der Waals surface area contributed by atoms with Gasteiger partial charge < -0.3 is 9.64 Å². The predicted octanol–water partition coefficient (Wildman–Crippen LogP) is 3.26. The summed E-state index contributed by atoms with van der Waals surface area (Å²) in [6, 6.07) is 3.19. The summed E-state index contributed by atoms with van der Waals surface area (Å²) >= 11 is 0. The predicted molar refractivity (Wildman–Crippen MR) is 62.0 cm³/mol. The lowest BCUT2D eigenvalue weighted by atomic mass is 9.90. The Morgan fingerprint density at radius 2 is 1.83 bits per heavy atom. The zero-order valence-corrected chi connectivity index (χ0v) is 10.5. The van der Waals surface area contributed by atoms with Gasteiger partial charge in [-0.25, -0.2) is 13.6 Å². The molecule has 98 valence electrons. The molecule has 0 saturated carbocycles. The number of nitrogens with zero attached hydrogens (tertiary/aromatic N) is 1. The summed E-state index contributed by atoms with van der Waals surface area (Å²) < 4.78 is 31.5. The van der Waals surface area contributed by atoms with Gasteiger partial charge in [0.15, 0.2) is 0 Å². The number of hydrogen-bond acceptors (Lipinski definition) is 2. The lowest BCUT2D eigenvalue weighted by Crippen LogP contribution is -2.50. The smallest absolute Gasteiger partial charge is 0.410 e. The molecule has 1 aliphatic rings. The number of amides is 1. The fourth-order valence-electron chi connectivity index (χ4n) is 2.03. The van der Waals surface area contributed by atoms with Crippen LogP contribution in [0.3, 0.4) is 0 Å². The van der Waals surface area contributed by atoms with Crippen LogP contribution in [0.15, 0.2) is 18.2 Å². The number of benzene rings is 1. The lowest BCUT2D eigenvalue weighted by molar-refractivity contribution is -0.0219. The van der Waals surface area contributed by atoms with Gasteiger partial charge in [-0.1, -0.05) is 0 Å². The van der Waals surface area contributed by atoms with Crippen LogP contribution in [0.5, 0.6) is 0 Å². The Kier molecular flexibility index (Phi) is 3.00. The fraction of sp³-hybridized carbons (Fsp3) is 0.462. The van der Waals surface area contributed by atoms with Gasteiger partial charge in [0.1, 0.15) is 17.7 Å². The van der Waals surface area contributed by atoms with E-state index in [1.807, 2.05) is 13.8 Å². The minimum atomic E-state index is -0.669. The molecule has 1 fully saturated rings. The Balaban J connectivity index is 2.32. The van der Waals surface area contributed by atoms with Crippen molar-refractivity contribution in [3.05, 3.63) is 35.4 Å². The number of carbonyl (C=O) groups is 1. The molecule has 0 bridgehead atoms. The second-order valence-electron chi connectivity index (χ2n) is 5.15. The van der Waals surface area contributed by atoms with Gasteiger partial charge >= 0.3 is 6.09 Å². The van der Waals surface area contributed by atoms with E-state index in [-0.39, 0.29) is 0 Å². The monoisotopic (exact) mass is 255 g/mol. The van der Waals surface area contributed by atoms with Crippen molar-refractivity contribution in [1.29, 1.82) is 0 Å². The Labute approximate surface area is 104 Å². The molecule has 1 heterocycles. The van der Waals surface area contributed by atoms with Crippen LogP contribution in [0.2, 0.25) is 0 Å². The van der Waals surface area contributed by atoms with Crippen LogP contribution in [0, 0.1) is 11.6 Å².